The third kappa shape index (κ3) is 5.59. The number of nitrogens with one attached hydrogen (secondary N) is 2. The highest BCUT2D eigenvalue weighted by Gasteiger charge is 2.23. The van der Waals surface area contributed by atoms with Gasteiger partial charge in [-0.05, 0) is 37.3 Å². The summed E-state index contributed by atoms with van der Waals surface area (Å²) in [6.07, 6.45) is 4.68. The Labute approximate surface area is 176 Å². The zero-order chi connectivity index (χ0) is 20.8. The first-order valence-electron chi connectivity index (χ1n) is 10.1. The van der Waals surface area contributed by atoms with Crippen molar-refractivity contribution >= 4 is 23.6 Å². The summed E-state index contributed by atoms with van der Waals surface area (Å²) in [5, 5.41) is 15.0. The number of benzene rings is 1. The lowest BCUT2D eigenvalue weighted by Crippen LogP contribution is -2.41. The summed E-state index contributed by atoms with van der Waals surface area (Å²) in [5.41, 5.74) is 1.58. The van der Waals surface area contributed by atoms with Crippen molar-refractivity contribution in [2.75, 3.05) is 5.75 Å². The third-order valence-electron chi connectivity index (χ3n) is 5.51. The average Bonchev–Trinajstić information content (AvgIpc) is 3.06. The van der Waals surface area contributed by atoms with Crippen LogP contribution in [0.5, 0.6) is 0 Å². The molecule has 1 aromatic carbocycles. The van der Waals surface area contributed by atoms with Gasteiger partial charge >= 0.3 is 0 Å². The van der Waals surface area contributed by atoms with Crippen molar-refractivity contribution < 1.29 is 9.59 Å². The zero-order valence-electron chi connectivity index (χ0n) is 17.3. The Hall–Kier alpha value is -2.35. The van der Waals surface area contributed by atoms with E-state index in [1.54, 1.807) is 6.07 Å². The van der Waals surface area contributed by atoms with Crippen molar-refractivity contribution in [3.05, 3.63) is 41.2 Å². The van der Waals surface area contributed by atoms with Crippen molar-refractivity contribution in [3.8, 4) is 0 Å². The molecule has 0 radical (unpaired) electrons. The minimum Gasteiger partial charge on any atom is -0.352 e. The van der Waals surface area contributed by atoms with Crippen LogP contribution in [0.3, 0.4) is 0 Å². The molecule has 1 aromatic heterocycles. The van der Waals surface area contributed by atoms with Crippen LogP contribution in [0.25, 0.3) is 0 Å². The maximum atomic E-state index is 12.4. The maximum Gasteiger partial charge on any atom is 0.251 e. The number of nitrogens with zero attached hydrogens (tertiary/aromatic N) is 3. The van der Waals surface area contributed by atoms with Gasteiger partial charge in [0.15, 0.2) is 11.0 Å². The van der Waals surface area contributed by atoms with Gasteiger partial charge in [0.2, 0.25) is 5.91 Å². The minimum absolute atomic E-state index is 0.0335. The van der Waals surface area contributed by atoms with Crippen LogP contribution in [0, 0.1) is 12.8 Å². The molecular formula is C21H29N5O2S. The predicted octanol–water partition coefficient (Wildman–Crippen LogP) is 2.84. The Morgan fingerprint density at radius 1 is 1.21 bits per heavy atom. The average molecular weight is 416 g/mol. The Morgan fingerprint density at radius 3 is 2.72 bits per heavy atom. The van der Waals surface area contributed by atoms with Crippen LogP contribution in [0.1, 0.15) is 54.4 Å². The van der Waals surface area contributed by atoms with Crippen LogP contribution >= 0.6 is 11.8 Å². The molecule has 0 unspecified atom stereocenters. The highest BCUT2D eigenvalue weighted by atomic mass is 32.2. The number of rotatable bonds is 7. The number of amides is 2. The fourth-order valence-corrected chi connectivity index (χ4v) is 4.36. The van der Waals surface area contributed by atoms with Gasteiger partial charge in [-0.2, -0.15) is 0 Å². The number of carbonyl (C=O) groups is 2. The monoisotopic (exact) mass is 415 g/mol. The van der Waals surface area contributed by atoms with Crippen molar-refractivity contribution in [1.29, 1.82) is 0 Å². The first-order valence-corrected chi connectivity index (χ1v) is 11.1. The molecule has 2 amide bonds. The summed E-state index contributed by atoms with van der Waals surface area (Å²) in [5.74, 6) is 1.39. The van der Waals surface area contributed by atoms with Crippen LogP contribution < -0.4 is 10.6 Å². The Morgan fingerprint density at radius 2 is 1.97 bits per heavy atom. The molecule has 2 aromatic rings. The number of carbonyl (C=O) groups excluding carboxylic acids is 2. The molecule has 2 N–H and O–H groups in total. The number of thioether (sulfide) groups is 1. The lowest BCUT2D eigenvalue weighted by Gasteiger charge is -2.29. The summed E-state index contributed by atoms with van der Waals surface area (Å²) >= 11 is 1.36. The van der Waals surface area contributed by atoms with E-state index in [0.29, 0.717) is 28.2 Å². The molecule has 2 atom stereocenters. The molecule has 1 aliphatic rings. The summed E-state index contributed by atoms with van der Waals surface area (Å²) in [6.45, 7) is 4.39. The van der Waals surface area contributed by atoms with Gasteiger partial charge in [0.05, 0.1) is 12.3 Å². The summed E-state index contributed by atoms with van der Waals surface area (Å²) in [7, 11) is 1.85. The minimum atomic E-state index is -0.138. The van der Waals surface area contributed by atoms with Crippen molar-refractivity contribution in [2.45, 2.75) is 57.3 Å². The molecular weight excluding hydrogens is 386 g/mol. The van der Waals surface area contributed by atoms with E-state index in [-0.39, 0.29) is 24.4 Å². The van der Waals surface area contributed by atoms with E-state index in [2.05, 4.69) is 27.8 Å². The smallest absolute Gasteiger partial charge is 0.251 e. The number of hydrogen-bond donors (Lipinski definition) is 2. The second kappa shape index (κ2) is 9.91. The number of aryl methyl sites for hydroxylation is 1. The van der Waals surface area contributed by atoms with Crippen molar-refractivity contribution in [3.63, 3.8) is 0 Å². The zero-order valence-corrected chi connectivity index (χ0v) is 18.1. The first kappa shape index (κ1) is 21.4. The van der Waals surface area contributed by atoms with Gasteiger partial charge in [0.25, 0.3) is 5.91 Å². The Kier molecular flexibility index (Phi) is 7.30. The first-order chi connectivity index (χ1) is 14.0. The molecule has 156 valence electrons. The maximum absolute atomic E-state index is 12.4. The van der Waals surface area contributed by atoms with E-state index in [0.717, 1.165) is 12.0 Å². The molecule has 0 aliphatic heterocycles. The highest BCUT2D eigenvalue weighted by Crippen LogP contribution is 2.24. The Balaban J connectivity index is 1.49. The molecule has 8 heteroatoms. The molecule has 3 rings (SSSR count). The van der Waals surface area contributed by atoms with E-state index >= 15 is 0 Å². The van der Waals surface area contributed by atoms with E-state index < -0.39 is 0 Å². The molecule has 1 saturated carbocycles. The summed E-state index contributed by atoms with van der Waals surface area (Å²) in [6, 6.07) is 7.74. The van der Waals surface area contributed by atoms with Gasteiger partial charge in [-0.25, -0.2) is 0 Å². The van der Waals surface area contributed by atoms with E-state index in [9.17, 15) is 9.59 Å². The second-order valence-corrected chi connectivity index (χ2v) is 8.62. The summed E-state index contributed by atoms with van der Waals surface area (Å²) in [4.78, 5) is 24.7. The van der Waals surface area contributed by atoms with Crippen LogP contribution in [0.2, 0.25) is 0 Å². The van der Waals surface area contributed by atoms with Crippen LogP contribution in [0.15, 0.2) is 29.4 Å². The molecule has 1 aliphatic carbocycles. The van der Waals surface area contributed by atoms with E-state index in [1.807, 2.05) is 36.7 Å². The SMILES string of the molecule is Cc1ccccc1C(=O)NCc1nnc(SCC(=O)N[C@@H]2CCCC[C@@H]2C)n1C. The molecule has 1 heterocycles. The molecule has 0 saturated heterocycles. The molecule has 0 bridgehead atoms. The second-order valence-electron chi connectivity index (χ2n) is 7.68. The topological polar surface area (TPSA) is 88.9 Å². The molecule has 1 fully saturated rings. The van der Waals surface area contributed by atoms with Gasteiger partial charge < -0.3 is 15.2 Å². The summed E-state index contributed by atoms with van der Waals surface area (Å²) < 4.78 is 1.82. The predicted molar refractivity (Wildman–Crippen MR) is 114 cm³/mol. The largest absolute Gasteiger partial charge is 0.352 e. The standard InChI is InChI=1S/C21H29N5O2S/c1-14-8-4-6-10-16(14)20(28)22-12-18-24-25-21(26(18)3)29-13-19(27)23-17-11-7-5-9-15(17)2/h4,6,8,10,15,17H,5,7,9,11-13H2,1-3H3,(H,22,28)(H,23,27)/t15-,17+/m0/s1. The molecule has 0 spiro atoms. The fourth-order valence-electron chi connectivity index (χ4n) is 3.62. The van der Waals surface area contributed by atoms with Crippen LogP contribution in [-0.2, 0) is 18.4 Å². The van der Waals surface area contributed by atoms with E-state index in [4.69, 9.17) is 0 Å². The highest BCUT2D eigenvalue weighted by molar-refractivity contribution is 7.99. The number of aromatic nitrogens is 3. The van der Waals surface area contributed by atoms with Gasteiger partial charge in [0, 0.05) is 18.7 Å². The van der Waals surface area contributed by atoms with Gasteiger partial charge in [-0.3, -0.25) is 9.59 Å². The number of hydrogen-bond acceptors (Lipinski definition) is 5. The van der Waals surface area contributed by atoms with Crippen LogP contribution in [0.4, 0.5) is 0 Å². The molecule has 29 heavy (non-hydrogen) atoms. The normalized spacial score (nSPS) is 19.0. The quantitative estimate of drug-likeness (QED) is 0.679. The van der Waals surface area contributed by atoms with Crippen LogP contribution in [-0.4, -0.2) is 38.4 Å². The van der Waals surface area contributed by atoms with Gasteiger partial charge in [-0.15, -0.1) is 10.2 Å². The lowest BCUT2D eigenvalue weighted by molar-refractivity contribution is -0.119. The Bertz CT molecular complexity index is 867. The van der Waals surface area contributed by atoms with Gasteiger partial charge in [0.1, 0.15) is 0 Å². The van der Waals surface area contributed by atoms with E-state index in [1.165, 1.54) is 31.0 Å². The van der Waals surface area contributed by atoms with Crippen molar-refractivity contribution in [2.24, 2.45) is 13.0 Å². The third-order valence-corrected chi connectivity index (χ3v) is 6.53. The van der Waals surface area contributed by atoms with Gasteiger partial charge in [-0.1, -0.05) is 49.7 Å². The lowest BCUT2D eigenvalue weighted by atomic mass is 9.86. The molecule has 7 nitrogen and oxygen atoms in total. The fraction of sp³-hybridized carbons (Fsp3) is 0.524. The van der Waals surface area contributed by atoms with Crippen molar-refractivity contribution in [1.82, 2.24) is 25.4 Å².